The first kappa shape index (κ1) is 20.3. The third-order valence-corrected chi connectivity index (χ3v) is 4.41. The summed E-state index contributed by atoms with van der Waals surface area (Å²) in [5.41, 5.74) is 1.38. The second kappa shape index (κ2) is 10.2. The second-order valence-electron chi connectivity index (χ2n) is 6.05. The van der Waals surface area contributed by atoms with E-state index in [2.05, 4.69) is 44.8 Å². The van der Waals surface area contributed by atoms with Gasteiger partial charge in [-0.3, -0.25) is 9.79 Å². The molecule has 3 rings (SSSR count). The third-order valence-electron chi connectivity index (χ3n) is 4.41. The minimum Gasteiger partial charge on any atom is -0.459 e. The largest absolute Gasteiger partial charge is 0.459 e. The number of aliphatic imine (C=N–C) groups is 1. The number of carbonyl (C=O) groups is 1. The van der Waals surface area contributed by atoms with E-state index in [-0.39, 0.29) is 29.9 Å². The SMILES string of the molecule is CN=C(NCCNC(=O)c1ccco1)N1CCC(c2ccccc2)C1.I. The molecule has 1 aromatic carbocycles. The van der Waals surface area contributed by atoms with Crippen LogP contribution < -0.4 is 10.6 Å². The molecule has 1 atom stereocenters. The van der Waals surface area contributed by atoms with Crippen LogP contribution in [0.15, 0.2) is 58.1 Å². The minimum absolute atomic E-state index is 0. The predicted molar refractivity (Wildman–Crippen MR) is 113 cm³/mol. The van der Waals surface area contributed by atoms with Gasteiger partial charge in [-0.2, -0.15) is 0 Å². The molecule has 2 heterocycles. The number of nitrogens with one attached hydrogen (secondary N) is 2. The molecule has 1 unspecified atom stereocenters. The highest BCUT2D eigenvalue weighted by Gasteiger charge is 2.25. The Morgan fingerprint density at radius 2 is 1.96 bits per heavy atom. The zero-order valence-electron chi connectivity index (χ0n) is 14.9. The van der Waals surface area contributed by atoms with Crippen molar-refractivity contribution >= 4 is 35.8 Å². The topological polar surface area (TPSA) is 69.9 Å². The van der Waals surface area contributed by atoms with Gasteiger partial charge in [0.1, 0.15) is 0 Å². The van der Waals surface area contributed by atoms with E-state index in [1.807, 2.05) is 6.07 Å². The quantitative estimate of drug-likeness (QED) is 0.307. The number of benzene rings is 1. The summed E-state index contributed by atoms with van der Waals surface area (Å²) in [5.74, 6) is 1.55. The van der Waals surface area contributed by atoms with Gasteiger partial charge in [-0.1, -0.05) is 30.3 Å². The predicted octanol–water partition coefficient (Wildman–Crippen LogP) is 2.69. The van der Waals surface area contributed by atoms with Gasteiger partial charge >= 0.3 is 0 Å². The number of furan rings is 1. The molecule has 26 heavy (non-hydrogen) atoms. The Hall–Kier alpha value is -2.03. The van der Waals surface area contributed by atoms with Crippen LogP contribution >= 0.6 is 24.0 Å². The lowest BCUT2D eigenvalue weighted by molar-refractivity contribution is 0.0926. The van der Waals surface area contributed by atoms with Crippen LogP contribution in [0.25, 0.3) is 0 Å². The van der Waals surface area contributed by atoms with Gasteiger partial charge in [0.25, 0.3) is 5.91 Å². The van der Waals surface area contributed by atoms with E-state index < -0.39 is 0 Å². The van der Waals surface area contributed by atoms with Crippen molar-refractivity contribution in [2.45, 2.75) is 12.3 Å². The Morgan fingerprint density at radius 3 is 2.65 bits per heavy atom. The zero-order valence-corrected chi connectivity index (χ0v) is 17.2. The third kappa shape index (κ3) is 5.23. The van der Waals surface area contributed by atoms with Gasteiger partial charge in [0, 0.05) is 39.1 Å². The van der Waals surface area contributed by atoms with E-state index in [0.29, 0.717) is 24.8 Å². The highest BCUT2D eigenvalue weighted by atomic mass is 127. The number of halogens is 1. The average Bonchev–Trinajstić information content (AvgIpc) is 3.34. The van der Waals surface area contributed by atoms with Crippen molar-refractivity contribution in [3.8, 4) is 0 Å². The van der Waals surface area contributed by atoms with Gasteiger partial charge in [-0.05, 0) is 24.1 Å². The van der Waals surface area contributed by atoms with Gasteiger partial charge in [0.15, 0.2) is 11.7 Å². The molecule has 1 aliphatic heterocycles. The van der Waals surface area contributed by atoms with E-state index in [9.17, 15) is 4.79 Å². The van der Waals surface area contributed by atoms with Gasteiger partial charge in [-0.15, -0.1) is 24.0 Å². The lowest BCUT2D eigenvalue weighted by Gasteiger charge is -2.22. The number of hydrogen-bond donors (Lipinski definition) is 2. The summed E-state index contributed by atoms with van der Waals surface area (Å²) in [7, 11) is 1.79. The Bertz CT molecular complexity index is 704. The number of guanidine groups is 1. The van der Waals surface area contributed by atoms with Crippen molar-refractivity contribution < 1.29 is 9.21 Å². The summed E-state index contributed by atoms with van der Waals surface area (Å²) >= 11 is 0. The Labute approximate surface area is 171 Å². The van der Waals surface area contributed by atoms with E-state index >= 15 is 0 Å². The maximum absolute atomic E-state index is 11.8. The van der Waals surface area contributed by atoms with Gasteiger partial charge < -0.3 is 20.0 Å². The maximum Gasteiger partial charge on any atom is 0.287 e. The summed E-state index contributed by atoms with van der Waals surface area (Å²) < 4.78 is 5.07. The molecule has 1 fully saturated rings. The van der Waals surface area contributed by atoms with Crippen LogP contribution in [-0.4, -0.2) is 50.0 Å². The first-order valence-electron chi connectivity index (χ1n) is 8.60. The fourth-order valence-corrected chi connectivity index (χ4v) is 3.13. The molecule has 1 aromatic heterocycles. The van der Waals surface area contributed by atoms with Crippen LogP contribution in [0.3, 0.4) is 0 Å². The molecule has 1 amide bonds. The Morgan fingerprint density at radius 1 is 1.19 bits per heavy atom. The maximum atomic E-state index is 11.8. The minimum atomic E-state index is -0.202. The molecule has 1 saturated heterocycles. The molecule has 0 saturated carbocycles. The summed E-state index contributed by atoms with van der Waals surface area (Å²) in [5, 5.41) is 6.14. The van der Waals surface area contributed by atoms with Crippen LogP contribution in [0.1, 0.15) is 28.5 Å². The van der Waals surface area contributed by atoms with E-state index in [1.54, 1.807) is 19.2 Å². The fraction of sp³-hybridized carbons (Fsp3) is 0.368. The van der Waals surface area contributed by atoms with Crippen LogP contribution in [-0.2, 0) is 0 Å². The first-order chi connectivity index (χ1) is 12.3. The number of hydrogen-bond acceptors (Lipinski definition) is 3. The van der Waals surface area contributed by atoms with Crippen molar-refractivity contribution in [2.75, 3.05) is 33.2 Å². The van der Waals surface area contributed by atoms with Crippen molar-refractivity contribution in [3.05, 3.63) is 60.1 Å². The molecule has 6 nitrogen and oxygen atoms in total. The molecule has 140 valence electrons. The first-order valence-corrected chi connectivity index (χ1v) is 8.60. The molecule has 0 bridgehead atoms. The molecule has 2 aromatic rings. The van der Waals surface area contributed by atoms with Gasteiger partial charge in [-0.25, -0.2) is 0 Å². The smallest absolute Gasteiger partial charge is 0.287 e. The fourth-order valence-electron chi connectivity index (χ4n) is 3.13. The Balaban J connectivity index is 0.00000243. The molecule has 2 N–H and O–H groups in total. The Kier molecular flexibility index (Phi) is 7.96. The van der Waals surface area contributed by atoms with E-state index in [1.165, 1.54) is 11.8 Å². The monoisotopic (exact) mass is 468 g/mol. The molecule has 0 radical (unpaired) electrons. The standard InChI is InChI=1S/C19H24N4O2.HI/c1-20-19(22-11-10-21-18(24)17-8-5-13-25-17)23-12-9-16(14-23)15-6-3-2-4-7-15;/h2-8,13,16H,9-12,14H2,1H3,(H,20,22)(H,21,24);1H. The van der Waals surface area contributed by atoms with Crippen LogP contribution in [0, 0.1) is 0 Å². The summed E-state index contributed by atoms with van der Waals surface area (Å²) in [4.78, 5) is 18.4. The van der Waals surface area contributed by atoms with Crippen LogP contribution in [0.5, 0.6) is 0 Å². The highest BCUT2D eigenvalue weighted by Crippen LogP contribution is 2.26. The van der Waals surface area contributed by atoms with Crippen LogP contribution in [0.2, 0.25) is 0 Å². The number of nitrogens with zero attached hydrogens (tertiary/aromatic N) is 2. The van der Waals surface area contributed by atoms with Crippen molar-refractivity contribution in [1.29, 1.82) is 0 Å². The molecule has 0 aliphatic carbocycles. The van der Waals surface area contributed by atoms with Crippen molar-refractivity contribution in [1.82, 2.24) is 15.5 Å². The highest BCUT2D eigenvalue weighted by molar-refractivity contribution is 14.0. The van der Waals surface area contributed by atoms with E-state index in [0.717, 1.165) is 25.5 Å². The lowest BCUT2D eigenvalue weighted by Crippen LogP contribution is -2.43. The lowest BCUT2D eigenvalue weighted by atomic mass is 9.99. The number of likely N-dealkylation sites (tertiary alicyclic amines) is 1. The zero-order chi connectivity index (χ0) is 17.5. The average molecular weight is 468 g/mol. The number of carbonyl (C=O) groups excluding carboxylic acids is 1. The summed E-state index contributed by atoms with van der Waals surface area (Å²) in [6.07, 6.45) is 2.62. The second-order valence-corrected chi connectivity index (χ2v) is 6.05. The van der Waals surface area contributed by atoms with Crippen LogP contribution in [0.4, 0.5) is 0 Å². The number of amides is 1. The normalized spacial score (nSPS) is 16.9. The summed E-state index contributed by atoms with van der Waals surface area (Å²) in [6.45, 7) is 3.07. The molecule has 7 heteroatoms. The molecule has 0 spiro atoms. The number of rotatable bonds is 5. The van der Waals surface area contributed by atoms with Gasteiger partial charge in [0.05, 0.1) is 6.26 Å². The van der Waals surface area contributed by atoms with Gasteiger partial charge in [0.2, 0.25) is 0 Å². The van der Waals surface area contributed by atoms with Crippen molar-refractivity contribution in [3.63, 3.8) is 0 Å². The molecular weight excluding hydrogens is 443 g/mol. The van der Waals surface area contributed by atoms with E-state index in [4.69, 9.17) is 4.42 Å². The summed E-state index contributed by atoms with van der Waals surface area (Å²) in [6, 6.07) is 14.0. The molecular formula is C19H25IN4O2. The van der Waals surface area contributed by atoms with Crippen molar-refractivity contribution in [2.24, 2.45) is 4.99 Å². The molecule has 1 aliphatic rings.